The highest BCUT2D eigenvalue weighted by Crippen LogP contribution is 2.22. The average Bonchev–Trinajstić information content (AvgIpc) is 2.31. The molecule has 0 spiro atoms. The Morgan fingerprint density at radius 2 is 2.17 bits per heavy atom. The van der Waals surface area contributed by atoms with Crippen molar-refractivity contribution >= 4 is 5.94 Å². The van der Waals surface area contributed by atoms with Gasteiger partial charge in [0.15, 0.2) is 0 Å². The summed E-state index contributed by atoms with van der Waals surface area (Å²) in [5, 5.41) is 1.66. The summed E-state index contributed by atoms with van der Waals surface area (Å²) in [5.41, 5.74) is 0.414. The summed E-state index contributed by atoms with van der Waals surface area (Å²) in [6, 6.07) is 0. The van der Waals surface area contributed by atoms with Crippen LogP contribution in [-0.2, 0) is 9.63 Å². The van der Waals surface area contributed by atoms with Crippen LogP contribution in [0, 0.1) is 0 Å². The Labute approximate surface area is 73.0 Å². The molecule has 0 aliphatic carbocycles. The second kappa shape index (κ2) is 3.30. The molecule has 0 aromatic heterocycles. The maximum Gasteiger partial charge on any atom is 0.148 e. The van der Waals surface area contributed by atoms with Crippen molar-refractivity contribution in [2.24, 2.45) is 0 Å². The zero-order valence-electron chi connectivity index (χ0n) is 7.89. The van der Waals surface area contributed by atoms with E-state index in [1.54, 1.807) is 5.06 Å². The number of hydrogen-bond acceptors (Lipinski definition) is 3. The van der Waals surface area contributed by atoms with E-state index in [1.165, 1.54) is 0 Å². The normalized spacial score (nSPS) is 18.2. The first-order chi connectivity index (χ1) is 5.53. The zero-order chi connectivity index (χ0) is 9.19. The molecule has 0 N–H and O–H groups in total. The molecule has 1 fully saturated rings. The first kappa shape index (κ1) is 9.30. The van der Waals surface area contributed by atoms with Crippen molar-refractivity contribution in [3.63, 3.8) is 0 Å². The van der Waals surface area contributed by atoms with E-state index >= 15 is 0 Å². The minimum absolute atomic E-state index is 0.230. The molecule has 3 heteroatoms. The average molecular weight is 169 g/mol. The number of rotatable bonds is 1. The first-order valence-electron chi connectivity index (χ1n) is 4.23. The number of nitrogens with zero attached hydrogens (tertiary/aromatic N) is 1. The van der Waals surface area contributed by atoms with Crippen molar-refractivity contribution in [2.75, 3.05) is 6.54 Å². The van der Waals surface area contributed by atoms with Crippen LogP contribution < -0.4 is 0 Å². The van der Waals surface area contributed by atoms with Crippen LogP contribution in [0.1, 0.15) is 33.6 Å². The molecule has 1 aliphatic heterocycles. The van der Waals surface area contributed by atoms with Crippen LogP contribution in [0.3, 0.4) is 0 Å². The molecular weight excluding hydrogens is 154 g/mol. The second-order valence-corrected chi connectivity index (χ2v) is 3.96. The van der Waals surface area contributed by atoms with E-state index in [2.05, 4.69) is 0 Å². The van der Waals surface area contributed by atoms with Crippen molar-refractivity contribution in [3.05, 3.63) is 5.70 Å². The van der Waals surface area contributed by atoms with Gasteiger partial charge in [-0.05, 0) is 27.2 Å². The molecule has 0 amide bonds. The quantitative estimate of drug-likeness (QED) is 0.557. The van der Waals surface area contributed by atoms with Crippen molar-refractivity contribution < 1.29 is 9.63 Å². The molecule has 0 aromatic carbocycles. The standard InChI is InChI=1S/C9H15NO2/c1-9(2,3)12-10-6-4-5-8(10)7-11/h4-6H2,1-3H3. The fraction of sp³-hybridized carbons (Fsp3) is 0.778. The van der Waals surface area contributed by atoms with Crippen molar-refractivity contribution in [1.29, 1.82) is 0 Å². The largest absolute Gasteiger partial charge is 0.267 e. The maximum absolute atomic E-state index is 10.4. The van der Waals surface area contributed by atoms with Gasteiger partial charge in [-0.3, -0.25) is 4.84 Å². The minimum Gasteiger partial charge on any atom is -0.267 e. The van der Waals surface area contributed by atoms with Gasteiger partial charge in [-0.15, -0.1) is 0 Å². The third-order valence-electron chi connectivity index (χ3n) is 1.58. The second-order valence-electron chi connectivity index (χ2n) is 3.96. The van der Waals surface area contributed by atoms with Gasteiger partial charge < -0.3 is 0 Å². The first-order valence-corrected chi connectivity index (χ1v) is 4.23. The fourth-order valence-corrected chi connectivity index (χ4v) is 1.18. The smallest absolute Gasteiger partial charge is 0.148 e. The van der Waals surface area contributed by atoms with E-state index in [-0.39, 0.29) is 5.60 Å². The minimum atomic E-state index is -0.230. The maximum atomic E-state index is 10.4. The third kappa shape index (κ3) is 2.36. The summed E-state index contributed by atoms with van der Waals surface area (Å²) < 4.78 is 0. The lowest BCUT2D eigenvalue weighted by molar-refractivity contribution is -0.197. The molecule has 0 atom stereocenters. The van der Waals surface area contributed by atoms with Crippen LogP contribution in [0.15, 0.2) is 5.70 Å². The van der Waals surface area contributed by atoms with E-state index in [4.69, 9.17) is 4.84 Å². The molecule has 0 saturated carbocycles. The summed E-state index contributed by atoms with van der Waals surface area (Å²) in [7, 11) is 0. The summed E-state index contributed by atoms with van der Waals surface area (Å²) >= 11 is 0. The van der Waals surface area contributed by atoms with E-state index in [1.807, 2.05) is 26.7 Å². The van der Waals surface area contributed by atoms with E-state index in [0.29, 0.717) is 5.70 Å². The van der Waals surface area contributed by atoms with Crippen molar-refractivity contribution in [2.45, 2.75) is 39.2 Å². The van der Waals surface area contributed by atoms with Gasteiger partial charge in [-0.2, -0.15) is 0 Å². The number of hydroxylamine groups is 2. The fourth-order valence-electron chi connectivity index (χ4n) is 1.18. The van der Waals surface area contributed by atoms with Gasteiger partial charge in [-0.25, -0.2) is 9.86 Å². The number of hydrogen-bond donors (Lipinski definition) is 0. The molecular formula is C9H15NO2. The van der Waals surface area contributed by atoms with Gasteiger partial charge >= 0.3 is 0 Å². The molecule has 68 valence electrons. The van der Waals surface area contributed by atoms with E-state index in [0.717, 1.165) is 19.4 Å². The predicted octanol–water partition coefficient (Wildman–Crippen LogP) is 1.53. The van der Waals surface area contributed by atoms with Gasteiger partial charge in [0.1, 0.15) is 11.6 Å². The van der Waals surface area contributed by atoms with Crippen LogP contribution in [-0.4, -0.2) is 23.2 Å². The lowest BCUT2D eigenvalue weighted by Gasteiger charge is -2.27. The molecule has 3 nitrogen and oxygen atoms in total. The Morgan fingerprint density at radius 3 is 2.67 bits per heavy atom. The molecule has 0 bridgehead atoms. The van der Waals surface area contributed by atoms with Gasteiger partial charge in [0.05, 0.1) is 5.60 Å². The Kier molecular flexibility index (Phi) is 2.55. The van der Waals surface area contributed by atoms with Crippen LogP contribution in [0.4, 0.5) is 0 Å². The van der Waals surface area contributed by atoms with E-state index in [9.17, 15) is 4.79 Å². The van der Waals surface area contributed by atoms with Crippen LogP contribution in [0.2, 0.25) is 0 Å². The van der Waals surface area contributed by atoms with Crippen LogP contribution in [0.25, 0.3) is 0 Å². The van der Waals surface area contributed by atoms with Gasteiger partial charge in [0.2, 0.25) is 0 Å². The monoisotopic (exact) mass is 169 g/mol. The third-order valence-corrected chi connectivity index (χ3v) is 1.58. The Hall–Kier alpha value is -0.790. The van der Waals surface area contributed by atoms with Gasteiger partial charge in [0.25, 0.3) is 0 Å². The lowest BCUT2D eigenvalue weighted by Crippen LogP contribution is -2.31. The van der Waals surface area contributed by atoms with Gasteiger partial charge in [0, 0.05) is 13.0 Å². The molecule has 0 unspecified atom stereocenters. The molecule has 1 aliphatic rings. The highest BCUT2D eigenvalue weighted by molar-refractivity contribution is 5.51. The van der Waals surface area contributed by atoms with Crippen LogP contribution in [0.5, 0.6) is 0 Å². The molecule has 0 radical (unpaired) electrons. The highest BCUT2D eigenvalue weighted by atomic mass is 16.7. The predicted molar refractivity (Wildman–Crippen MR) is 46.0 cm³/mol. The summed E-state index contributed by atoms with van der Waals surface area (Å²) in [5.74, 6) is 1.90. The molecule has 1 saturated heterocycles. The molecule has 1 rings (SSSR count). The molecule has 0 aromatic rings. The van der Waals surface area contributed by atoms with Crippen LogP contribution >= 0.6 is 0 Å². The summed E-state index contributed by atoms with van der Waals surface area (Å²) in [6.45, 7) is 6.71. The Bertz CT molecular complexity index is 211. The summed E-state index contributed by atoms with van der Waals surface area (Å²) in [6.07, 6.45) is 1.78. The topological polar surface area (TPSA) is 29.5 Å². The van der Waals surface area contributed by atoms with Crippen molar-refractivity contribution in [1.82, 2.24) is 5.06 Å². The van der Waals surface area contributed by atoms with Crippen molar-refractivity contribution in [3.8, 4) is 0 Å². The molecule has 12 heavy (non-hydrogen) atoms. The number of carbonyl (C=O) groups excluding carboxylic acids is 1. The van der Waals surface area contributed by atoms with E-state index < -0.39 is 0 Å². The SMILES string of the molecule is CC(C)(C)ON1CCCC1=C=O. The van der Waals surface area contributed by atoms with Gasteiger partial charge in [-0.1, -0.05) is 0 Å². The highest BCUT2D eigenvalue weighted by Gasteiger charge is 2.24. The Balaban J connectivity index is 2.58. The Morgan fingerprint density at radius 1 is 1.50 bits per heavy atom. The lowest BCUT2D eigenvalue weighted by atomic mass is 10.2. The number of allylic oxidation sites excluding steroid dienone is 1. The summed E-state index contributed by atoms with van der Waals surface area (Å²) in [4.78, 5) is 16.0. The molecule has 1 heterocycles. The zero-order valence-corrected chi connectivity index (χ0v) is 7.89.